The summed E-state index contributed by atoms with van der Waals surface area (Å²) in [5, 5.41) is 0. The van der Waals surface area contributed by atoms with Crippen molar-refractivity contribution in [1.82, 2.24) is 0 Å². The molecule has 1 aromatic rings. The van der Waals surface area contributed by atoms with Gasteiger partial charge in [0.15, 0.2) is 11.5 Å². The summed E-state index contributed by atoms with van der Waals surface area (Å²) in [7, 11) is 0. The Balaban J connectivity index is 3.80. The summed E-state index contributed by atoms with van der Waals surface area (Å²) < 4.78 is 34.3. The molecule has 0 aliphatic rings. The second kappa shape index (κ2) is 12.8. The van der Waals surface area contributed by atoms with Gasteiger partial charge in [-0.05, 0) is 47.6 Å². The highest BCUT2D eigenvalue weighted by molar-refractivity contribution is 5.90. The van der Waals surface area contributed by atoms with Gasteiger partial charge in [-0.15, -0.1) is 0 Å². The van der Waals surface area contributed by atoms with E-state index in [0.29, 0.717) is 67.3 Å². The van der Waals surface area contributed by atoms with Gasteiger partial charge in [0.2, 0.25) is 17.2 Å². The Kier molecular flexibility index (Phi) is 10.7. The largest absolute Gasteiger partial charge is 0.489 e. The lowest BCUT2D eigenvalue weighted by Crippen LogP contribution is -2.09. The average Bonchev–Trinajstić information content (AvgIpc) is 2.67. The fraction of sp³-hybridized carbons (Fsp3) is 0.571. The molecule has 0 aromatic heterocycles. The molecule has 0 aliphatic heterocycles. The number of carbonyl (C=O) groups excluding carboxylic acids is 1. The van der Waals surface area contributed by atoms with Crippen molar-refractivity contribution in [1.29, 1.82) is 0 Å². The first-order valence-corrected chi connectivity index (χ1v) is 9.81. The molecule has 0 saturated carbocycles. The van der Waals surface area contributed by atoms with Crippen LogP contribution in [-0.2, 0) is 9.53 Å². The monoisotopic (exact) mass is 396 g/mol. The molecule has 0 unspecified atom stereocenters. The molecule has 7 heteroatoms. The highest BCUT2D eigenvalue weighted by Crippen LogP contribution is 2.54. The Morgan fingerprint density at radius 3 is 1.32 bits per heavy atom. The highest BCUT2D eigenvalue weighted by atomic mass is 16.6. The molecule has 0 heterocycles. The smallest absolute Gasteiger partial charge is 0.330 e. The minimum atomic E-state index is -0.461. The van der Waals surface area contributed by atoms with Crippen molar-refractivity contribution >= 4 is 12.0 Å². The molecule has 158 valence electrons. The number of hydrogen-bond acceptors (Lipinski definition) is 7. The minimum Gasteiger partial charge on any atom is -0.489 e. The maximum Gasteiger partial charge on any atom is 0.330 e. The SMILES string of the molecule is CCOC(=O)C=Cc1c(OCC)c(OCC)c(OCC)c(OCC)c1OCC. The number of benzene rings is 1. The van der Waals surface area contributed by atoms with E-state index in [1.165, 1.54) is 6.08 Å². The van der Waals surface area contributed by atoms with E-state index >= 15 is 0 Å². The molecule has 28 heavy (non-hydrogen) atoms. The zero-order valence-corrected chi connectivity index (χ0v) is 17.8. The summed E-state index contributed by atoms with van der Waals surface area (Å²) in [4.78, 5) is 11.9. The summed E-state index contributed by atoms with van der Waals surface area (Å²) in [5.41, 5.74) is 0.534. The van der Waals surface area contributed by atoms with Crippen LogP contribution in [0.5, 0.6) is 28.7 Å². The van der Waals surface area contributed by atoms with E-state index in [4.69, 9.17) is 28.4 Å². The lowest BCUT2D eigenvalue weighted by Gasteiger charge is -2.23. The maximum atomic E-state index is 11.9. The van der Waals surface area contributed by atoms with E-state index in [2.05, 4.69) is 0 Å². The van der Waals surface area contributed by atoms with Crippen LogP contribution >= 0.6 is 0 Å². The number of carbonyl (C=O) groups is 1. The Morgan fingerprint density at radius 2 is 0.964 bits per heavy atom. The zero-order chi connectivity index (χ0) is 20.9. The third-order valence-corrected chi connectivity index (χ3v) is 3.43. The number of ether oxygens (including phenoxy) is 6. The predicted octanol–water partition coefficient (Wildman–Crippen LogP) is 4.26. The van der Waals surface area contributed by atoms with Gasteiger partial charge in [-0.2, -0.15) is 0 Å². The van der Waals surface area contributed by atoms with Crippen molar-refractivity contribution in [2.24, 2.45) is 0 Å². The van der Waals surface area contributed by atoms with Crippen molar-refractivity contribution in [3.8, 4) is 28.7 Å². The van der Waals surface area contributed by atoms with Crippen molar-refractivity contribution < 1.29 is 33.2 Å². The van der Waals surface area contributed by atoms with Gasteiger partial charge in [0.25, 0.3) is 0 Å². The normalized spacial score (nSPS) is 10.6. The summed E-state index contributed by atoms with van der Waals surface area (Å²) in [6.07, 6.45) is 2.92. The van der Waals surface area contributed by atoms with E-state index in [0.717, 1.165) is 0 Å². The second-order valence-corrected chi connectivity index (χ2v) is 5.31. The Bertz CT molecular complexity index is 616. The first-order valence-electron chi connectivity index (χ1n) is 9.81. The summed E-state index contributed by atoms with van der Waals surface area (Å²) in [5.74, 6) is 1.66. The summed E-state index contributed by atoms with van der Waals surface area (Å²) >= 11 is 0. The first kappa shape index (κ1) is 23.5. The Hall–Kier alpha value is -2.57. The molecular weight excluding hydrogens is 364 g/mol. The minimum absolute atomic E-state index is 0.289. The third kappa shape index (κ3) is 5.97. The number of rotatable bonds is 13. The van der Waals surface area contributed by atoms with Crippen LogP contribution in [0, 0.1) is 0 Å². The molecule has 0 saturated heterocycles. The van der Waals surface area contributed by atoms with Crippen molar-refractivity contribution in [2.75, 3.05) is 39.6 Å². The molecule has 0 fully saturated rings. The van der Waals surface area contributed by atoms with Crippen LogP contribution in [0.4, 0.5) is 0 Å². The van der Waals surface area contributed by atoms with Crippen molar-refractivity contribution in [3.63, 3.8) is 0 Å². The van der Waals surface area contributed by atoms with Crippen LogP contribution in [0.2, 0.25) is 0 Å². The van der Waals surface area contributed by atoms with Gasteiger partial charge < -0.3 is 28.4 Å². The second-order valence-electron chi connectivity index (χ2n) is 5.31. The van der Waals surface area contributed by atoms with Gasteiger partial charge in [-0.25, -0.2) is 4.79 Å². The molecule has 7 nitrogen and oxygen atoms in total. The van der Waals surface area contributed by atoms with Gasteiger partial charge in [-0.3, -0.25) is 0 Å². The zero-order valence-electron chi connectivity index (χ0n) is 17.8. The Labute approximate surface area is 167 Å². The van der Waals surface area contributed by atoms with Crippen LogP contribution in [0.25, 0.3) is 6.08 Å². The van der Waals surface area contributed by atoms with E-state index < -0.39 is 5.97 Å². The van der Waals surface area contributed by atoms with Gasteiger partial charge >= 0.3 is 5.97 Å². The van der Waals surface area contributed by atoms with Gasteiger partial charge in [0, 0.05) is 6.08 Å². The molecule has 1 aromatic carbocycles. The molecular formula is C21H32O7. The lowest BCUT2D eigenvalue weighted by atomic mass is 10.1. The quantitative estimate of drug-likeness (QED) is 0.364. The average molecular weight is 396 g/mol. The fourth-order valence-electron chi connectivity index (χ4n) is 2.55. The lowest BCUT2D eigenvalue weighted by molar-refractivity contribution is -0.137. The molecule has 0 radical (unpaired) electrons. The van der Waals surface area contributed by atoms with Crippen LogP contribution in [0.1, 0.15) is 47.1 Å². The summed E-state index contributed by atoms with van der Waals surface area (Å²) in [6, 6.07) is 0. The number of hydrogen-bond donors (Lipinski definition) is 0. The standard InChI is InChI=1S/C21H32O7/c1-7-23-16(22)14-13-15-17(24-8-2)19(26-10-4)21(28-12-6)20(27-11-5)18(15)25-9-3/h13-14H,7-12H2,1-6H3. The van der Waals surface area contributed by atoms with E-state index in [1.807, 2.05) is 34.6 Å². The van der Waals surface area contributed by atoms with Gasteiger partial charge in [-0.1, -0.05) is 0 Å². The molecule has 0 bridgehead atoms. The molecule has 0 N–H and O–H groups in total. The van der Waals surface area contributed by atoms with Crippen LogP contribution < -0.4 is 23.7 Å². The Morgan fingerprint density at radius 1 is 0.607 bits per heavy atom. The van der Waals surface area contributed by atoms with Crippen LogP contribution in [-0.4, -0.2) is 45.6 Å². The highest BCUT2D eigenvalue weighted by Gasteiger charge is 2.29. The van der Waals surface area contributed by atoms with Crippen LogP contribution in [0.15, 0.2) is 6.08 Å². The van der Waals surface area contributed by atoms with E-state index in [9.17, 15) is 4.79 Å². The third-order valence-electron chi connectivity index (χ3n) is 3.43. The molecule has 0 atom stereocenters. The maximum absolute atomic E-state index is 11.9. The molecule has 1 rings (SSSR count). The van der Waals surface area contributed by atoms with E-state index in [-0.39, 0.29) is 6.61 Å². The topological polar surface area (TPSA) is 72.5 Å². The number of esters is 1. The van der Waals surface area contributed by atoms with Crippen molar-refractivity contribution in [2.45, 2.75) is 41.5 Å². The van der Waals surface area contributed by atoms with Crippen molar-refractivity contribution in [3.05, 3.63) is 11.6 Å². The van der Waals surface area contributed by atoms with E-state index in [1.54, 1.807) is 13.0 Å². The molecule has 0 amide bonds. The molecule has 0 spiro atoms. The first-order chi connectivity index (χ1) is 13.6. The fourth-order valence-corrected chi connectivity index (χ4v) is 2.55. The molecule has 0 aliphatic carbocycles. The van der Waals surface area contributed by atoms with Gasteiger partial charge in [0.1, 0.15) is 0 Å². The predicted molar refractivity (Wildman–Crippen MR) is 108 cm³/mol. The van der Waals surface area contributed by atoms with Crippen LogP contribution in [0.3, 0.4) is 0 Å². The van der Waals surface area contributed by atoms with Gasteiger partial charge in [0.05, 0.1) is 45.2 Å². The summed E-state index contributed by atoms with van der Waals surface area (Å²) in [6.45, 7) is 13.4.